The Morgan fingerprint density at radius 1 is 1.10 bits per heavy atom. The number of ether oxygens (including phenoxy) is 1. The fourth-order valence-electron chi connectivity index (χ4n) is 2.30. The summed E-state index contributed by atoms with van der Waals surface area (Å²) < 4.78 is 11.0. The van der Waals surface area contributed by atoms with E-state index >= 15 is 0 Å². The number of hydrogen-bond donors (Lipinski definition) is 1. The first-order valence-electron chi connectivity index (χ1n) is 6.54. The molecule has 4 nitrogen and oxygen atoms in total. The van der Waals surface area contributed by atoms with Crippen molar-refractivity contribution in [3.8, 4) is 17.1 Å². The van der Waals surface area contributed by atoms with Crippen LogP contribution in [0.3, 0.4) is 0 Å². The van der Waals surface area contributed by atoms with Gasteiger partial charge in [0, 0.05) is 12.7 Å². The zero-order valence-electron chi connectivity index (χ0n) is 11.5. The number of hydrogen-bond acceptors (Lipinski definition) is 4. The Hall–Kier alpha value is -2.59. The van der Waals surface area contributed by atoms with E-state index in [1.165, 1.54) is 7.11 Å². The molecule has 0 radical (unpaired) electrons. The van der Waals surface area contributed by atoms with Crippen LogP contribution in [0.15, 0.2) is 57.7 Å². The van der Waals surface area contributed by atoms with Crippen molar-refractivity contribution in [3.63, 3.8) is 0 Å². The molecule has 0 aliphatic carbocycles. The summed E-state index contributed by atoms with van der Waals surface area (Å²) >= 11 is 0. The molecule has 0 aliphatic heterocycles. The zero-order valence-corrected chi connectivity index (χ0v) is 11.5. The minimum absolute atomic E-state index is 0.0956. The summed E-state index contributed by atoms with van der Waals surface area (Å²) in [5.41, 5.74) is 1.64. The van der Waals surface area contributed by atoms with Gasteiger partial charge in [-0.3, -0.25) is 4.79 Å². The highest BCUT2D eigenvalue weighted by molar-refractivity contribution is 5.80. The third-order valence-electron chi connectivity index (χ3n) is 3.31. The molecule has 0 spiro atoms. The SMILES string of the molecule is COCc1c(-c2ccc(O)cc2)oc2ccccc2c1=O. The molecule has 3 rings (SSSR count). The predicted octanol–water partition coefficient (Wildman–Crippen LogP) is 3.31. The van der Waals surface area contributed by atoms with E-state index in [0.29, 0.717) is 22.3 Å². The molecule has 0 atom stereocenters. The molecule has 0 bridgehead atoms. The monoisotopic (exact) mass is 282 g/mol. The summed E-state index contributed by atoms with van der Waals surface area (Å²) in [5.74, 6) is 0.635. The van der Waals surface area contributed by atoms with Gasteiger partial charge in [0.15, 0.2) is 5.43 Å². The van der Waals surface area contributed by atoms with Gasteiger partial charge in [-0.1, -0.05) is 12.1 Å². The van der Waals surface area contributed by atoms with Gasteiger partial charge in [-0.15, -0.1) is 0 Å². The zero-order chi connectivity index (χ0) is 14.8. The van der Waals surface area contributed by atoms with Crippen molar-refractivity contribution in [1.29, 1.82) is 0 Å². The lowest BCUT2D eigenvalue weighted by Gasteiger charge is -2.09. The van der Waals surface area contributed by atoms with E-state index in [1.807, 2.05) is 6.07 Å². The molecule has 106 valence electrons. The summed E-state index contributed by atoms with van der Waals surface area (Å²) in [5, 5.41) is 9.92. The maximum absolute atomic E-state index is 12.6. The third kappa shape index (κ3) is 2.41. The fraction of sp³-hybridized carbons (Fsp3) is 0.118. The third-order valence-corrected chi connectivity index (χ3v) is 3.31. The van der Waals surface area contributed by atoms with Crippen LogP contribution < -0.4 is 5.43 Å². The quantitative estimate of drug-likeness (QED) is 0.800. The van der Waals surface area contributed by atoms with E-state index in [0.717, 1.165) is 5.56 Å². The number of methoxy groups -OCH3 is 1. The van der Waals surface area contributed by atoms with Crippen LogP contribution in [-0.2, 0) is 11.3 Å². The Balaban J connectivity index is 2.32. The average Bonchev–Trinajstić information content (AvgIpc) is 2.51. The number of phenols is 1. The van der Waals surface area contributed by atoms with E-state index in [9.17, 15) is 9.90 Å². The summed E-state index contributed by atoms with van der Waals surface area (Å²) in [6.07, 6.45) is 0. The van der Waals surface area contributed by atoms with Gasteiger partial charge in [-0.05, 0) is 36.4 Å². The van der Waals surface area contributed by atoms with Crippen LogP contribution in [0, 0.1) is 0 Å². The molecule has 0 fully saturated rings. The lowest BCUT2D eigenvalue weighted by molar-refractivity contribution is 0.183. The molecule has 0 saturated heterocycles. The molecule has 1 heterocycles. The molecule has 3 aromatic rings. The maximum atomic E-state index is 12.6. The largest absolute Gasteiger partial charge is 0.508 e. The molecule has 1 aromatic heterocycles. The second-order valence-electron chi connectivity index (χ2n) is 4.71. The molecule has 0 amide bonds. The lowest BCUT2D eigenvalue weighted by Crippen LogP contribution is -2.12. The highest BCUT2D eigenvalue weighted by atomic mass is 16.5. The Kier molecular flexibility index (Phi) is 3.46. The highest BCUT2D eigenvalue weighted by Crippen LogP contribution is 2.27. The van der Waals surface area contributed by atoms with Crippen LogP contribution in [0.25, 0.3) is 22.3 Å². The van der Waals surface area contributed by atoms with Crippen LogP contribution in [0.2, 0.25) is 0 Å². The number of benzene rings is 2. The average molecular weight is 282 g/mol. The van der Waals surface area contributed by atoms with Crippen molar-refractivity contribution >= 4 is 11.0 Å². The van der Waals surface area contributed by atoms with Crippen molar-refractivity contribution in [1.82, 2.24) is 0 Å². The van der Waals surface area contributed by atoms with E-state index in [-0.39, 0.29) is 17.8 Å². The summed E-state index contributed by atoms with van der Waals surface area (Å²) in [7, 11) is 1.54. The molecule has 2 aromatic carbocycles. The minimum Gasteiger partial charge on any atom is -0.508 e. The molecule has 4 heteroatoms. The van der Waals surface area contributed by atoms with Gasteiger partial charge in [-0.25, -0.2) is 0 Å². The van der Waals surface area contributed by atoms with Crippen molar-refractivity contribution in [2.24, 2.45) is 0 Å². The highest BCUT2D eigenvalue weighted by Gasteiger charge is 2.15. The number of phenolic OH excluding ortho intramolecular Hbond substituents is 1. The molecule has 0 aliphatic rings. The summed E-state index contributed by atoms with van der Waals surface area (Å²) in [6.45, 7) is 0.170. The summed E-state index contributed by atoms with van der Waals surface area (Å²) in [6, 6.07) is 13.7. The van der Waals surface area contributed by atoms with Crippen LogP contribution in [-0.4, -0.2) is 12.2 Å². The Morgan fingerprint density at radius 2 is 1.81 bits per heavy atom. The smallest absolute Gasteiger partial charge is 0.198 e. The van der Waals surface area contributed by atoms with Crippen LogP contribution >= 0.6 is 0 Å². The Morgan fingerprint density at radius 3 is 2.52 bits per heavy atom. The van der Waals surface area contributed by atoms with E-state index in [1.54, 1.807) is 42.5 Å². The topological polar surface area (TPSA) is 59.7 Å². The minimum atomic E-state index is -0.0956. The first-order valence-corrected chi connectivity index (χ1v) is 6.54. The number of para-hydroxylation sites is 1. The van der Waals surface area contributed by atoms with Crippen molar-refractivity contribution in [3.05, 3.63) is 64.3 Å². The summed E-state index contributed by atoms with van der Waals surface area (Å²) in [4.78, 5) is 12.6. The number of rotatable bonds is 3. The van der Waals surface area contributed by atoms with Gasteiger partial charge in [0.25, 0.3) is 0 Å². The van der Waals surface area contributed by atoms with Crippen LogP contribution in [0.4, 0.5) is 0 Å². The maximum Gasteiger partial charge on any atom is 0.198 e. The standard InChI is InChI=1S/C17H14O4/c1-20-10-14-16(19)13-4-2-3-5-15(13)21-17(14)11-6-8-12(18)9-7-11/h2-9,18H,10H2,1H3. The number of aromatic hydroxyl groups is 1. The van der Waals surface area contributed by atoms with Gasteiger partial charge in [0.2, 0.25) is 0 Å². The van der Waals surface area contributed by atoms with E-state index in [4.69, 9.17) is 9.15 Å². The van der Waals surface area contributed by atoms with Crippen molar-refractivity contribution in [2.75, 3.05) is 7.11 Å². The van der Waals surface area contributed by atoms with Crippen molar-refractivity contribution < 1.29 is 14.3 Å². The molecule has 0 saturated carbocycles. The molecular formula is C17H14O4. The first-order chi connectivity index (χ1) is 10.2. The fourth-order valence-corrected chi connectivity index (χ4v) is 2.30. The predicted molar refractivity (Wildman–Crippen MR) is 80.3 cm³/mol. The first kappa shape index (κ1) is 13.4. The second-order valence-corrected chi connectivity index (χ2v) is 4.71. The van der Waals surface area contributed by atoms with E-state index in [2.05, 4.69) is 0 Å². The Labute approximate surface area is 121 Å². The molecule has 21 heavy (non-hydrogen) atoms. The van der Waals surface area contributed by atoms with Gasteiger partial charge < -0.3 is 14.3 Å². The van der Waals surface area contributed by atoms with Crippen LogP contribution in [0.1, 0.15) is 5.56 Å². The lowest BCUT2D eigenvalue weighted by atomic mass is 10.0. The van der Waals surface area contributed by atoms with Gasteiger partial charge >= 0.3 is 0 Å². The number of fused-ring (bicyclic) bond motifs is 1. The van der Waals surface area contributed by atoms with Gasteiger partial charge in [-0.2, -0.15) is 0 Å². The molecule has 1 N–H and O–H groups in total. The molecular weight excluding hydrogens is 268 g/mol. The molecule has 0 unspecified atom stereocenters. The van der Waals surface area contributed by atoms with Crippen molar-refractivity contribution in [2.45, 2.75) is 6.61 Å². The normalized spacial score (nSPS) is 10.9. The Bertz CT molecular complexity index is 832. The van der Waals surface area contributed by atoms with Gasteiger partial charge in [0.05, 0.1) is 17.6 Å². The second kappa shape index (κ2) is 5.42. The van der Waals surface area contributed by atoms with E-state index < -0.39 is 0 Å². The van der Waals surface area contributed by atoms with Gasteiger partial charge in [0.1, 0.15) is 17.1 Å². The van der Waals surface area contributed by atoms with Crippen LogP contribution in [0.5, 0.6) is 5.75 Å².